The Kier molecular flexibility index (Phi) is 7.76. The summed E-state index contributed by atoms with van der Waals surface area (Å²) in [7, 11) is 0. The Morgan fingerprint density at radius 1 is 1.25 bits per heavy atom. The Labute approximate surface area is 244 Å². The molecule has 0 spiro atoms. The summed E-state index contributed by atoms with van der Waals surface area (Å²) in [5.74, 6) is -0.415. The van der Waals surface area contributed by atoms with Crippen LogP contribution in [0.4, 0.5) is 10.3 Å². The zero-order chi connectivity index (χ0) is 28.6. The second kappa shape index (κ2) is 11.1. The molecule has 0 radical (unpaired) electrons. The number of aryl methyl sites for hydroxylation is 2. The minimum absolute atomic E-state index is 0.00157. The fourth-order valence-electron chi connectivity index (χ4n) is 4.99. The Bertz CT molecular complexity index is 1600. The summed E-state index contributed by atoms with van der Waals surface area (Å²) in [6.45, 7) is 8.06. The first kappa shape index (κ1) is 27.9. The lowest BCUT2D eigenvalue weighted by atomic mass is 9.68. The summed E-state index contributed by atoms with van der Waals surface area (Å²) < 4.78 is 0.562. The predicted octanol–water partition coefficient (Wildman–Crippen LogP) is 4.93. The van der Waals surface area contributed by atoms with Crippen molar-refractivity contribution in [1.29, 1.82) is 5.26 Å². The molecule has 13 heteroatoms. The van der Waals surface area contributed by atoms with Crippen molar-refractivity contribution in [2.24, 2.45) is 11.1 Å². The number of aromatic nitrogens is 4. The molecular formula is C27H28N8O2S3. The van der Waals surface area contributed by atoms with E-state index in [4.69, 9.17) is 5.73 Å². The highest BCUT2D eigenvalue weighted by Crippen LogP contribution is 2.50. The van der Waals surface area contributed by atoms with Crippen molar-refractivity contribution in [3.8, 4) is 6.07 Å². The van der Waals surface area contributed by atoms with Crippen molar-refractivity contribution < 1.29 is 9.59 Å². The number of thioether (sulfide) groups is 1. The molecule has 0 fully saturated rings. The van der Waals surface area contributed by atoms with Gasteiger partial charge in [-0.15, -0.1) is 20.4 Å². The molecule has 0 saturated heterocycles. The van der Waals surface area contributed by atoms with Gasteiger partial charge in [-0.3, -0.25) is 19.8 Å². The van der Waals surface area contributed by atoms with Gasteiger partial charge in [0.2, 0.25) is 16.2 Å². The number of allylic oxidation sites excluding steroid dienone is 3. The number of carbonyl (C=O) groups excluding carboxylic acids is 2. The van der Waals surface area contributed by atoms with Gasteiger partial charge >= 0.3 is 0 Å². The maximum absolute atomic E-state index is 13.7. The number of nitriles is 1. The van der Waals surface area contributed by atoms with E-state index in [0.717, 1.165) is 28.3 Å². The molecule has 1 atom stereocenters. The van der Waals surface area contributed by atoms with Crippen molar-refractivity contribution in [2.45, 2.75) is 57.2 Å². The van der Waals surface area contributed by atoms with E-state index in [2.05, 4.69) is 45.6 Å². The quantitative estimate of drug-likeness (QED) is 0.361. The molecule has 2 aliphatic rings. The maximum atomic E-state index is 13.7. The van der Waals surface area contributed by atoms with Crippen LogP contribution in [0.3, 0.4) is 0 Å². The fourth-order valence-corrected chi connectivity index (χ4v) is 7.37. The molecule has 0 saturated carbocycles. The van der Waals surface area contributed by atoms with E-state index < -0.39 is 5.92 Å². The number of hydrogen-bond donors (Lipinski definition) is 2. The van der Waals surface area contributed by atoms with Crippen LogP contribution in [0.1, 0.15) is 55.7 Å². The number of amides is 1. The van der Waals surface area contributed by atoms with Gasteiger partial charge in [0.25, 0.3) is 0 Å². The molecule has 3 heterocycles. The monoisotopic (exact) mass is 592 g/mol. The van der Waals surface area contributed by atoms with Crippen LogP contribution in [0.25, 0.3) is 0 Å². The zero-order valence-electron chi connectivity index (χ0n) is 22.5. The standard InChI is InChI=1S/C27H28N8O2S3/c1-5-20-31-32-24(39-20)30-19(37)13-38-26-34-33-25(40-26)35-17-10-27(3,4)11-18(36)22(17)21(16(12-28)23(35)29)15-8-6-7-14(2)9-15/h6-9,21H,5,10-11,13,29H2,1-4H3,(H,30,32,37). The van der Waals surface area contributed by atoms with Gasteiger partial charge in [-0.05, 0) is 30.7 Å². The molecule has 1 amide bonds. The van der Waals surface area contributed by atoms with E-state index in [-0.39, 0.29) is 28.7 Å². The van der Waals surface area contributed by atoms with Gasteiger partial charge in [0.15, 0.2) is 10.1 Å². The molecule has 2 aromatic heterocycles. The molecule has 1 aliphatic heterocycles. The lowest BCUT2D eigenvalue weighted by Crippen LogP contribution is -2.42. The number of nitrogens with one attached hydrogen (secondary N) is 1. The van der Waals surface area contributed by atoms with Gasteiger partial charge in [0.05, 0.1) is 23.3 Å². The van der Waals surface area contributed by atoms with Gasteiger partial charge in [0, 0.05) is 17.7 Å². The summed E-state index contributed by atoms with van der Waals surface area (Å²) in [6, 6.07) is 10.1. The summed E-state index contributed by atoms with van der Waals surface area (Å²) in [5, 5.41) is 31.4. The molecule has 3 N–H and O–H groups in total. The number of anilines is 2. The van der Waals surface area contributed by atoms with Gasteiger partial charge in [-0.25, -0.2) is 0 Å². The third kappa shape index (κ3) is 5.52. The van der Waals surface area contributed by atoms with E-state index in [1.807, 2.05) is 38.1 Å². The minimum atomic E-state index is -0.543. The first-order chi connectivity index (χ1) is 19.1. The van der Waals surface area contributed by atoms with Crippen LogP contribution in [0.5, 0.6) is 0 Å². The molecule has 1 aromatic carbocycles. The van der Waals surface area contributed by atoms with Crippen molar-refractivity contribution in [2.75, 3.05) is 16.0 Å². The highest BCUT2D eigenvalue weighted by molar-refractivity contribution is 8.01. The number of carbonyl (C=O) groups is 2. The van der Waals surface area contributed by atoms with Gasteiger partial charge in [-0.2, -0.15) is 5.26 Å². The third-order valence-corrected chi connectivity index (χ3v) is 9.71. The maximum Gasteiger partial charge on any atom is 0.236 e. The molecular weight excluding hydrogens is 565 g/mol. The lowest BCUT2D eigenvalue weighted by molar-refractivity contribution is -0.118. The van der Waals surface area contributed by atoms with Gasteiger partial charge < -0.3 is 5.73 Å². The Morgan fingerprint density at radius 2 is 2.05 bits per heavy atom. The normalized spacial score (nSPS) is 18.5. The average Bonchev–Trinajstić information content (AvgIpc) is 3.55. The smallest absolute Gasteiger partial charge is 0.236 e. The summed E-state index contributed by atoms with van der Waals surface area (Å²) in [6.07, 6.45) is 1.72. The summed E-state index contributed by atoms with van der Waals surface area (Å²) >= 11 is 3.84. The van der Waals surface area contributed by atoms with Crippen molar-refractivity contribution in [3.63, 3.8) is 0 Å². The van der Waals surface area contributed by atoms with Crippen molar-refractivity contribution in [1.82, 2.24) is 20.4 Å². The highest BCUT2D eigenvalue weighted by Gasteiger charge is 2.45. The van der Waals surface area contributed by atoms with Crippen LogP contribution in [0.15, 0.2) is 51.3 Å². The second-order valence-electron chi connectivity index (χ2n) is 10.4. The molecule has 5 rings (SSSR count). The van der Waals surface area contributed by atoms with Crippen LogP contribution in [-0.4, -0.2) is 37.8 Å². The topological polar surface area (TPSA) is 151 Å². The Balaban J connectivity index is 1.46. The van der Waals surface area contributed by atoms with Crippen molar-refractivity contribution in [3.05, 3.63) is 63.1 Å². The van der Waals surface area contributed by atoms with E-state index in [1.165, 1.54) is 34.4 Å². The molecule has 206 valence electrons. The van der Waals surface area contributed by atoms with Gasteiger partial charge in [0.1, 0.15) is 10.8 Å². The lowest BCUT2D eigenvalue weighted by Gasteiger charge is -2.42. The van der Waals surface area contributed by atoms with Crippen molar-refractivity contribution >= 4 is 56.4 Å². The van der Waals surface area contributed by atoms with Crippen LogP contribution in [-0.2, 0) is 16.0 Å². The second-order valence-corrected chi connectivity index (χ2v) is 13.7. The molecule has 10 nitrogen and oxygen atoms in total. The molecule has 3 aromatic rings. The van der Waals surface area contributed by atoms with E-state index in [1.54, 1.807) is 4.90 Å². The number of rotatable bonds is 7. The largest absolute Gasteiger partial charge is 0.384 e. The first-order valence-corrected chi connectivity index (χ1v) is 15.3. The minimum Gasteiger partial charge on any atom is -0.384 e. The highest BCUT2D eigenvalue weighted by atomic mass is 32.2. The van der Waals surface area contributed by atoms with E-state index in [0.29, 0.717) is 38.6 Å². The zero-order valence-corrected chi connectivity index (χ0v) is 25.0. The SMILES string of the molecule is CCc1nnc(NC(=O)CSc2nnc(N3C(N)=C(C#N)C(c4cccc(C)c4)C4=C3CC(C)(C)CC4=O)s2)s1. The average molecular weight is 593 g/mol. The van der Waals surface area contributed by atoms with Crippen LogP contribution >= 0.6 is 34.4 Å². The number of hydrogen-bond acceptors (Lipinski definition) is 12. The molecule has 1 aliphatic carbocycles. The molecule has 0 bridgehead atoms. The molecule has 40 heavy (non-hydrogen) atoms. The predicted molar refractivity (Wildman–Crippen MR) is 157 cm³/mol. The number of nitrogens with zero attached hydrogens (tertiary/aromatic N) is 6. The Morgan fingerprint density at radius 3 is 2.75 bits per heavy atom. The number of benzene rings is 1. The number of nitrogens with two attached hydrogens (primary N) is 1. The van der Waals surface area contributed by atoms with Crippen LogP contribution in [0, 0.1) is 23.7 Å². The Hall–Kier alpha value is -3.60. The molecule has 1 unspecified atom stereocenters. The van der Waals surface area contributed by atoms with E-state index in [9.17, 15) is 14.9 Å². The number of Topliss-reactive ketones (excluding diaryl/α,β-unsaturated/α-hetero) is 1. The fraction of sp³-hybridized carbons (Fsp3) is 0.370. The van der Waals surface area contributed by atoms with Gasteiger partial charge in [-0.1, -0.05) is 85.0 Å². The van der Waals surface area contributed by atoms with E-state index >= 15 is 0 Å². The third-order valence-electron chi connectivity index (χ3n) is 6.69. The number of ketones is 1. The first-order valence-electron chi connectivity index (χ1n) is 12.7. The van der Waals surface area contributed by atoms with Crippen LogP contribution in [0.2, 0.25) is 0 Å². The summed E-state index contributed by atoms with van der Waals surface area (Å²) in [4.78, 5) is 27.8. The summed E-state index contributed by atoms with van der Waals surface area (Å²) in [5.41, 5.74) is 9.95. The van der Waals surface area contributed by atoms with Crippen LogP contribution < -0.4 is 16.0 Å².